The van der Waals surface area contributed by atoms with Gasteiger partial charge in [-0.1, -0.05) is 23.8 Å². The van der Waals surface area contributed by atoms with E-state index in [2.05, 4.69) is 17.9 Å². The van der Waals surface area contributed by atoms with E-state index in [0.29, 0.717) is 5.78 Å². The molecule has 0 amide bonds. The van der Waals surface area contributed by atoms with E-state index in [1.807, 2.05) is 26.2 Å². The number of carbonyl (C=O) groups is 1. The van der Waals surface area contributed by atoms with Gasteiger partial charge in [-0.2, -0.15) is 0 Å². The Balaban J connectivity index is 2.25. The van der Waals surface area contributed by atoms with E-state index in [4.69, 9.17) is 0 Å². The third kappa shape index (κ3) is 1.95. The van der Waals surface area contributed by atoms with Gasteiger partial charge in [0, 0.05) is 18.0 Å². The van der Waals surface area contributed by atoms with Crippen molar-refractivity contribution in [1.82, 2.24) is 4.90 Å². The first-order valence-electron chi connectivity index (χ1n) is 5.36. The molecule has 1 unspecified atom stereocenters. The van der Waals surface area contributed by atoms with Gasteiger partial charge >= 0.3 is 0 Å². The summed E-state index contributed by atoms with van der Waals surface area (Å²) in [5.41, 5.74) is 3.41. The molecule has 0 bridgehead atoms. The zero-order valence-corrected chi connectivity index (χ0v) is 9.58. The van der Waals surface area contributed by atoms with Crippen LogP contribution in [0.4, 0.5) is 0 Å². The number of rotatable bonds is 2. The van der Waals surface area contributed by atoms with Gasteiger partial charge in [0.2, 0.25) is 0 Å². The van der Waals surface area contributed by atoms with Gasteiger partial charge in [-0.05, 0) is 33.0 Å². The van der Waals surface area contributed by atoms with Gasteiger partial charge in [0.1, 0.15) is 0 Å². The summed E-state index contributed by atoms with van der Waals surface area (Å²) in [6, 6.07) is 6.14. The molecule has 0 heterocycles. The van der Waals surface area contributed by atoms with E-state index < -0.39 is 0 Å². The van der Waals surface area contributed by atoms with Crippen LogP contribution in [0.5, 0.6) is 0 Å². The Morgan fingerprint density at radius 3 is 2.80 bits per heavy atom. The maximum absolute atomic E-state index is 12.0. The quantitative estimate of drug-likeness (QED) is 0.732. The minimum absolute atomic E-state index is 0.164. The number of hydrogen-bond acceptors (Lipinski definition) is 2. The lowest BCUT2D eigenvalue weighted by Gasteiger charge is -2.13. The Labute approximate surface area is 90.9 Å². The van der Waals surface area contributed by atoms with E-state index in [-0.39, 0.29) is 5.92 Å². The van der Waals surface area contributed by atoms with Crippen LogP contribution in [0.25, 0.3) is 0 Å². The Kier molecular flexibility index (Phi) is 2.61. The molecule has 0 saturated carbocycles. The maximum Gasteiger partial charge on any atom is 0.167 e. The zero-order valence-electron chi connectivity index (χ0n) is 9.58. The largest absolute Gasteiger partial charge is 0.309 e. The first-order chi connectivity index (χ1) is 7.08. The summed E-state index contributed by atoms with van der Waals surface area (Å²) in [5.74, 6) is 0.482. The van der Waals surface area contributed by atoms with Crippen molar-refractivity contribution in [3.05, 3.63) is 34.9 Å². The number of fused-ring (bicyclic) bond motifs is 1. The van der Waals surface area contributed by atoms with Crippen LogP contribution in [0.1, 0.15) is 21.5 Å². The van der Waals surface area contributed by atoms with Crippen LogP contribution in [-0.4, -0.2) is 31.3 Å². The van der Waals surface area contributed by atoms with Crippen LogP contribution in [-0.2, 0) is 6.42 Å². The van der Waals surface area contributed by atoms with Gasteiger partial charge in [0.05, 0.1) is 0 Å². The lowest BCUT2D eigenvalue weighted by molar-refractivity contribution is 0.0916. The highest BCUT2D eigenvalue weighted by Gasteiger charge is 2.30. The highest BCUT2D eigenvalue weighted by molar-refractivity contribution is 6.02. The molecule has 0 aliphatic heterocycles. The second kappa shape index (κ2) is 3.78. The first kappa shape index (κ1) is 10.4. The van der Waals surface area contributed by atoms with E-state index in [1.54, 1.807) is 0 Å². The molecule has 0 saturated heterocycles. The lowest BCUT2D eigenvalue weighted by Crippen LogP contribution is -2.25. The Morgan fingerprint density at radius 2 is 2.13 bits per heavy atom. The fraction of sp³-hybridized carbons (Fsp3) is 0.462. The van der Waals surface area contributed by atoms with Crippen LogP contribution < -0.4 is 0 Å². The average Bonchev–Trinajstić information content (AvgIpc) is 2.42. The van der Waals surface area contributed by atoms with E-state index >= 15 is 0 Å². The van der Waals surface area contributed by atoms with Crippen LogP contribution >= 0.6 is 0 Å². The summed E-state index contributed by atoms with van der Waals surface area (Å²) in [6.45, 7) is 2.93. The molecule has 1 aromatic rings. The minimum atomic E-state index is 0.164. The smallest absolute Gasteiger partial charge is 0.167 e. The van der Waals surface area contributed by atoms with Crippen molar-refractivity contribution in [1.29, 1.82) is 0 Å². The van der Waals surface area contributed by atoms with Crippen molar-refractivity contribution in [2.75, 3.05) is 20.6 Å². The normalized spacial score (nSPS) is 19.7. The molecule has 0 spiro atoms. The standard InChI is InChI=1S/C13H17NO/c1-9-4-5-12-10(6-9)7-11(13(12)15)8-14(2)3/h4-6,11H,7-8H2,1-3H3. The molecular weight excluding hydrogens is 186 g/mol. The third-order valence-electron chi connectivity index (χ3n) is 2.95. The molecule has 1 aliphatic rings. The predicted molar refractivity (Wildman–Crippen MR) is 61.3 cm³/mol. The molecule has 2 heteroatoms. The molecule has 0 radical (unpaired) electrons. The highest BCUT2D eigenvalue weighted by Crippen LogP contribution is 2.27. The molecule has 2 nitrogen and oxygen atoms in total. The van der Waals surface area contributed by atoms with Crippen LogP contribution in [0.2, 0.25) is 0 Å². The number of aryl methyl sites for hydroxylation is 1. The number of benzene rings is 1. The molecular formula is C13H17NO. The summed E-state index contributed by atoms with van der Waals surface area (Å²) in [4.78, 5) is 14.1. The first-order valence-corrected chi connectivity index (χ1v) is 5.36. The lowest BCUT2D eigenvalue weighted by atomic mass is 10.1. The predicted octanol–water partition coefficient (Wildman–Crippen LogP) is 1.91. The second-order valence-corrected chi connectivity index (χ2v) is 4.69. The third-order valence-corrected chi connectivity index (χ3v) is 2.95. The van der Waals surface area contributed by atoms with Crippen LogP contribution in [0.3, 0.4) is 0 Å². The molecule has 80 valence electrons. The van der Waals surface area contributed by atoms with Gasteiger partial charge in [-0.3, -0.25) is 4.79 Å². The van der Waals surface area contributed by atoms with Gasteiger partial charge in [0.15, 0.2) is 5.78 Å². The van der Waals surface area contributed by atoms with Gasteiger partial charge in [-0.25, -0.2) is 0 Å². The second-order valence-electron chi connectivity index (χ2n) is 4.69. The fourth-order valence-corrected chi connectivity index (χ4v) is 2.30. The molecule has 2 rings (SSSR count). The summed E-state index contributed by atoms with van der Waals surface area (Å²) < 4.78 is 0. The van der Waals surface area contributed by atoms with Gasteiger partial charge in [0.25, 0.3) is 0 Å². The Bertz CT molecular complexity index is 396. The fourth-order valence-electron chi connectivity index (χ4n) is 2.30. The van der Waals surface area contributed by atoms with E-state index in [0.717, 1.165) is 18.5 Å². The topological polar surface area (TPSA) is 20.3 Å². The summed E-state index contributed by atoms with van der Waals surface area (Å²) >= 11 is 0. The number of nitrogens with zero attached hydrogens (tertiary/aromatic N) is 1. The minimum Gasteiger partial charge on any atom is -0.309 e. The van der Waals surface area contributed by atoms with E-state index in [9.17, 15) is 4.79 Å². The summed E-state index contributed by atoms with van der Waals surface area (Å²) in [7, 11) is 4.03. The Hall–Kier alpha value is -1.15. The zero-order chi connectivity index (χ0) is 11.0. The monoisotopic (exact) mass is 203 g/mol. The maximum atomic E-state index is 12.0. The molecule has 0 N–H and O–H groups in total. The van der Waals surface area contributed by atoms with Crippen LogP contribution in [0, 0.1) is 12.8 Å². The van der Waals surface area contributed by atoms with Gasteiger partial charge < -0.3 is 4.90 Å². The molecule has 15 heavy (non-hydrogen) atoms. The molecule has 0 aromatic heterocycles. The molecule has 0 fully saturated rings. The van der Waals surface area contributed by atoms with Crippen LogP contribution in [0.15, 0.2) is 18.2 Å². The number of hydrogen-bond donors (Lipinski definition) is 0. The number of Topliss-reactive ketones (excluding diaryl/α,β-unsaturated/α-hetero) is 1. The molecule has 1 aliphatic carbocycles. The number of ketones is 1. The average molecular weight is 203 g/mol. The van der Waals surface area contributed by atoms with Crippen molar-refractivity contribution in [2.45, 2.75) is 13.3 Å². The summed E-state index contributed by atoms with van der Waals surface area (Å²) in [5, 5.41) is 0. The van der Waals surface area contributed by atoms with Crippen molar-refractivity contribution in [2.24, 2.45) is 5.92 Å². The van der Waals surface area contributed by atoms with Crippen molar-refractivity contribution >= 4 is 5.78 Å². The summed E-state index contributed by atoms with van der Waals surface area (Å²) in [6.07, 6.45) is 0.911. The number of carbonyl (C=O) groups excluding carboxylic acids is 1. The van der Waals surface area contributed by atoms with E-state index in [1.165, 1.54) is 11.1 Å². The Morgan fingerprint density at radius 1 is 1.40 bits per heavy atom. The van der Waals surface area contributed by atoms with Crippen molar-refractivity contribution < 1.29 is 4.79 Å². The van der Waals surface area contributed by atoms with Gasteiger partial charge in [-0.15, -0.1) is 0 Å². The SMILES string of the molecule is Cc1ccc2c(c1)CC(CN(C)C)C2=O. The highest BCUT2D eigenvalue weighted by atomic mass is 16.1. The molecule has 1 atom stereocenters. The van der Waals surface area contributed by atoms with Crippen molar-refractivity contribution in [3.63, 3.8) is 0 Å². The van der Waals surface area contributed by atoms with Crippen molar-refractivity contribution in [3.8, 4) is 0 Å². The molecule has 1 aromatic carbocycles.